The van der Waals surface area contributed by atoms with Crippen molar-refractivity contribution in [2.75, 3.05) is 0 Å². The Morgan fingerprint density at radius 1 is 1.15 bits per heavy atom. The lowest BCUT2D eigenvalue weighted by Gasteiger charge is -2.18. The Hall–Kier alpha value is -1.87. The second-order valence-electron chi connectivity index (χ2n) is 5.71. The maximum atomic E-state index is 11.4. The summed E-state index contributed by atoms with van der Waals surface area (Å²) in [6.07, 6.45) is 1.72. The third kappa shape index (κ3) is 3.36. The Kier molecular flexibility index (Phi) is 4.09. The highest BCUT2D eigenvalue weighted by atomic mass is 32.1. The molecule has 20 heavy (non-hydrogen) atoms. The minimum absolute atomic E-state index is 0.103. The van der Waals surface area contributed by atoms with Crippen LogP contribution in [0.5, 0.6) is 0 Å². The zero-order valence-corrected chi connectivity index (χ0v) is 12.7. The van der Waals surface area contributed by atoms with Gasteiger partial charge in [-0.25, -0.2) is 4.79 Å². The van der Waals surface area contributed by atoms with Crippen molar-refractivity contribution in [2.45, 2.75) is 26.2 Å². The van der Waals surface area contributed by atoms with Gasteiger partial charge >= 0.3 is 5.97 Å². The highest BCUT2D eigenvalue weighted by Gasteiger charge is 2.14. The average molecular weight is 286 g/mol. The molecule has 0 bridgehead atoms. The number of carbonyl (C=O) groups is 1. The molecular weight excluding hydrogens is 268 g/mol. The predicted molar refractivity (Wildman–Crippen MR) is 85.0 cm³/mol. The quantitative estimate of drug-likeness (QED) is 0.832. The first-order valence-electron chi connectivity index (χ1n) is 6.47. The van der Waals surface area contributed by atoms with Crippen molar-refractivity contribution >= 4 is 29.0 Å². The van der Waals surface area contributed by atoms with Crippen LogP contribution in [0.1, 0.15) is 36.8 Å². The summed E-state index contributed by atoms with van der Waals surface area (Å²) in [5.41, 5.74) is 2.58. The van der Waals surface area contributed by atoms with Gasteiger partial charge in [-0.05, 0) is 34.1 Å². The van der Waals surface area contributed by atoms with Crippen molar-refractivity contribution in [1.82, 2.24) is 0 Å². The van der Waals surface area contributed by atoms with Gasteiger partial charge in [0.1, 0.15) is 0 Å². The molecule has 0 saturated heterocycles. The molecule has 1 N–H and O–H groups in total. The molecule has 0 radical (unpaired) electrons. The van der Waals surface area contributed by atoms with E-state index < -0.39 is 5.97 Å². The molecule has 0 fully saturated rings. The van der Waals surface area contributed by atoms with Gasteiger partial charge < -0.3 is 5.11 Å². The van der Waals surface area contributed by atoms with Gasteiger partial charge in [0.15, 0.2) is 0 Å². The Morgan fingerprint density at radius 2 is 1.80 bits per heavy atom. The number of rotatable bonds is 3. The van der Waals surface area contributed by atoms with E-state index in [0.717, 1.165) is 10.4 Å². The van der Waals surface area contributed by atoms with Crippen LogP contribution in [0.2, 0.25) is 0 Å². The highest BCUT2D eigenvalue weighted by molar-refractivity contribution is 7.11. The van der Waals surface area contributed by atoms with Crippen LogP contribution in [-0.4, -0.2) is 11.1 Å². The molecular formula is C17H18O2S. The molecule has 1 aromatic carbocycles. The first-order chi connectivity index (χ1) is 9.38. The van der Waals surface area contributed by atoms with Gasteiger partial charge in [-0.15, -0.1) is 11.3 Å². The smallest absolute Gasteiger partial charge is 0.337 e. The molecule has 0 spiro atoms. The molecule has 0 saturated carbocycles. The third-order valence-corrected chi connectivity index (χ3v) is 4.01. The average Bonchev–Trinajstić information content (AvgIpc) is 2.88. The molecule has 2 rings (SSSR count). The van der Waals surface area contributed by atoms with Crippen LogP contribution in [-0.2, 0) is 10.2 Å². The topological polar surface area (TPSA) is 37.3 Å². The van der Waals surface area contributed by atoms with E-state index in [9.17, 15) is 9.90 Å². The fourth-order valence-corrected chi connectivity index (χ4v) is 2.65. The van der Waals surface area contributed by atoms with Crippen LogP contribution in [0, 0.1) is 0 Å². The molecule has 2 nitrogen and oxygen atoms in total. The van der Waals surface area contributed by atoms with Gasteiger partial charge in [0.2, 0.25) is 0 Å². The summed E-state index contributed by atoms with van der Waals surface area (Å²) < 4.78 is 0. The second-order valence-corrected chi connectivity index (χ2v) is 6.66. The number of benzene rings is 1. The van der Waals surface area contributed by atoms with Gasteiger partial charge in [-0.3, -0.25) is 0 Å². The minimum Gasteiger partial charge on any atom is -0.478 e. The maximum absolute atomic E-state index is 11.4. The zero-order chi connectivity index (χ0) is 14.8. The van der Waals surface area contributed by atoms with E-state index in [0.29, 0.717) is 5.57 Å². The van der Waals surface area contributed by atoms with Gasteiger partial charge in [-0.1, -0.05) is 51.1 Å². The second kappa shape index (κ2) is 5.63. The molecule has 2 aromatic rings. The van der Waals surface area contributed by atoms with E-state index in [1.54, 1.807) is 6.08 Å². The SMILES string of the molecule is CC(C)(C)c1ccc(/C=C(\C(=O)O)c2cccs2)cc1. The Balaban J connectivity index is 2.35. The van der Waals surface area contributed by atoms with E-state index in [-0.39, 0.29) is 5.41 Å². The Morgan fingerprint density at radius 3 is 2.25 bits per heavy atom. The van der Waals surface area contributed by atoms with Crippen molar-refractivity contribution in [3.63, 3.8) is 0 Å². The summed E-state index contributed by atoms with van der Waals surface area (Å²) in [4.78, 5) is 12.1. The van der Waals surface area contributed by atoms with Gasteiger partial charge in [-0.2, -0.15) is 0 Å². The van der Waals surface area contributed by atoms with E-state index >= 15 is 0 Å². The van der Waals surface area contributed by atoms with E-state index in [2.05, 4.69) is 32.9 Å². The summed E-state index contributed by atoms with van der Waals surface area (Å²) in [5, 5.41) is 11.2. The summed E-state index contributed by atoms with van der Waals surface area (Å²) in [5.74, 6) is -0.896. The Bertz CT molecular complexity index is 614. The number of hydrogen-bond donors (Lipinski definition) is 1. The maximum Gasteiger partial charge on any atom is 0.337 e. The van der Waals surface area contributed by atoms with Crippen LogP contribution in [0.15, 0.2) is 41.8 Å². The lowest BCUT2D eigenvalue weighted by atomic mass is 9.86. The highest BCUT2D eigenvalue weighted by Crippen LogP contribution is 2.25. The summed E-state index contributed by atoms with van der Waals surface area (Å²) >= 11 is 1.44. The molecule has 1 aromatic heterocycles. The van der Waals surface area contributed by atoms with Crippen molar-refractivity contribution in [3.8, 4) is 0 Å². The number of thiophene rings is 1. The van der Waals surface area contributed by atoms with Gasteiger partial charge in [0, 0.05) is 4.88 Å². The van der Waals surface area contributed by atoms with E-state index in [4.69, 9.17) is 0 Å². The molecule has 0 atom stereocenters. The monoisotopic (exact) mass is 286 g/mol. The summed E-state index contributed by atoms with van der Waals surface area (Å²) in [6.45, 7) is 6.48. The van der Waals surface area contributed by atoms with Crippen LogP contribution in [0.25, 0.3) is 11.6 Å². The van der Waals surface area contributed by atoms with E-state index in [1.807, 2.05) is 29.6 Å². The molecule has 0 aliphatic carbocycles. The fourth-order valence-electron chi connectivity index (χ4n) is 1.92. The standard InChI is InChI=1S/C17H18O2S/c1-17(2,3)13-8-6-12(7-9-13)11-14(16(18)19)15-5-4-10-20-15/h4-11H,1-3H3,(H,18,19)/b14-11-. The van der Waals surface area contributed by atoms with Gasteiger partial charge in [0.25, 0.3) is 0 Å². The number of carboxylic acids is 1. The number of hydrogen-bond acceptors (Lipinski definition) is 2. The fraction of sp³-hybridized carbons (Fsp3) is 0.235. The molecule has 0 aliphatic heterocycles. The zero-order valence-electron chi connectivity index (χ0n) is 11.9. The predicted octanol–water partition coefficient (Wildman–Crippen LogP) is 4.67. The van der Waals surface area contributed by atoms with Crippen LogP contribution >= 0.6 is 11.3 Å². The van der Waals surface area contributed by atoms with Crippen molar-refractivity contribution in [2.24, 2.45) is 0 Å². The van der Waals surface area contributed by atoms with Crippen molar-refractivity contribution < 1.29 is 9.90 Å². The summed E-state index contributed by atoms with van der Waals surface area (Å²) in [7, 11) is 0. The normalized spacial score (nSPS) is 12.4. The van der Waals surface area contributed by atoms with Crippen LogP contribution in [0.3, 0.4) is 0 Å². The molecule has 0 amide bonds. The van der Waals surface area contributed by atoms with Crippen LogP contribution in [0.4, 0.5) is 0 Å². The molecule has 104 valence electrons. The molecule has 0 unspecified atom stereocenters. The minimum atomic E-state index is -0.896. The third-order valence-electron chi connectivity index (χ3n) is 3.10. The number of carboxylic acid groups (broad SMARTS) is 1. The first-order valence-corrected chi connectivity index (χ1v) is 7.35. The molecule has 0 aliphatic rings. The van der Waals surface area contributed by atoms with Crippen molar-refractivity contribution in [1.29, 1.82) is 0 Å². The van der Waals surface area contributed by atoms with E-state index in [1.165, 1.54) is 16.9 Å². The molecule has 3 heteroatoms. The lowest BCUT2D eigenvalue weighted by molar-refractivity contribution is -0.130. The first kappa shape index (κ1) is 14.5. The summed E-state index contributed by atoms with van der Waals surface area (Å²) in [6, 6.07) is 11.7. The van der Waals surface area contributed by atoms with Crippen LogP contribution < -0.4 is 0 Å². The van der Waals surface area contributed by atoms with Crippen molar-refractivity contribution in [3.05, 3.63) is 57.8 Å². The molecule has 1 heterocycles. The Labute approximate surface area is 123 Å². The largest absolute Gasteiger partial charge is 0.478 e. The van der Waals surface area contributed by atoms with Gasteiger partial charge in [0.05, 0.1) is 5.57 Å². The lowest BCUT2D eigenvalue weighted by Crippen LogP contribution is -2.10. The number of aliphatic carboxylic acids is 1.